The minimum atomic E-state index is 0.139. The van der Waals surface area contributed by atoms with Gasteiger partial charge in [0.05, 0.1) is 5.02 Å². The number of likely N-dealkylation sites (tertiary alicyclic amines) is 1. The second-order valence-corrected chi connectivity index (χ2v) is 6.28. The summed E-state index contributed by atoms with van der Waals surface area (Å²) in [5.74, 6) is 0.139. The molecule has 1 atom stereocenters. The highest BCUT2D eigenvalue weighted by Crippen LogP contribution is 2.37. The van der Waals surface area contributed by atoms with Gasteiger partial charge in [-0.05, 0) is 37.1 Å². The Morgan fingerprint density at radius 3 is 2.67 bits per heavy atom. The highest BCUT2D eigenvalue weighted by atomic mass is 35.5. The smallest absolute Gasteiger partial charge is 0.138 e. The molecule has 1 heterocycles. The van der Waals surface area contributed by atoms with Crippen molar-refractivity contribution in [1.82, 2.24) is 4.90 Å². The van der Waals surface area contributed by atoms with Crippen LogP contribution >= 0.6 is 23.2 Å². The summed E-state index contributed by atoms with van der Waals surface area (Å²) < 4.78 is 0. The molecule has 0 radical (unpaired) electrons. The third-order valence-corrected chi connectivity index (χ3v) is 4.53. The first-order valence-electron chi connectivity index (χ1n) is 7.11. The van der Waals surface area contributed by atoms with E-state index in [2.05, 4.69) is 29.2 Å². The third kappa shape index (κ3) is 3.18. The van der Waals surface area contributed by atoms with Crippen molar-refractivity contribution < 1.29 is 5.11 Å². The number of phenols is 1. The van der Waals surface area contributed by atoms with Crippen LogP contribution in [0.15, 0.2) is 42.5 Å². The Morgan fingerprint density at radius 1 is 1.14 bits per heavy atom. The molecule has 110 valence electrons. The number of rotatable bonds is 3. The van der Waals surface area contributed by atoms with Crippen molar-refractivity contribution in [2.75, 3.05) is 6.54 Å². The average molecular weight is 322 g/mol. The first kappa shape index (κ1) is 14.7. The van der Waals surface area contributed by atoms with Gasteiger partial charge in [0.1, 0.15) is 5.75 Å². The lowest BCUT2D eigenvalue weighted by molar-refractivity contribution is 0.245. The van der Waals surface area contributed by atoms with Crippen LogP contribution in [0.1, 0.15) is 30.0 Å². The minimum absolute atomic E-state index is 0.139. The Morgan fingerprint density at radius 2 is 1.90 bits per heavy atom. The van der Waals surface area contributed by atoms with Crippen molar-refractivity contribution in [1.29, 1.82) is 0 Å². The summed E-state index contributed by atoms with van der Waals surface area (Å²) in [4.78, 5) is 2.37. The Hall–Kier alpha value is -1.22. The van der Waals surface area contributed by atoms with Gasteiger partial charge in [-0.1, -0.05) is 53.5 Å². The maximum absolute atomic E-state index is 10.1. The third-order valence-electron chi connectivity index (χ3n) is 4.03. The number of benzene rings is 2. The SMILES string of the molecule is Oc1c(Cl)cc(Cl)cc1CN1CCCC1c1ccccc1. The largest absolute Gasteiger partial charge is 0.506 e. The van der Waals surface area contributed by atoms with Crippen molar-refractivity contribution in [2.45, 2.75) is 25.4 Å². The van der Waals surface area contributed by atoms with Crippen LogP contribution < -0.4 is 0 Å². The molecule has 0 aliphatic carbocycles. The Labute approximate surface area is 134 Å². The second-order valence-electron chi connectivity index (χ2n) is 5.43. The molecule has 2 nitrogen and oxygen atoms in total. The van der Waals surface area contributed by atoms with Gasteiger partial charge in [-0.3, -0.25) is 4.90 Å². The highest BCUT2D eigenvalue weighted by molar-refractivity contribution is 6.35. The zero-order valence-electron chi connectivity index (χ0n) is 11.6. The van der Waals surface area contributed by atoms with Gasteiger partial charge in [0.2, 0.25) is 0 Å². The van der Waals surface area contributed by atoms with Gasteiger partial charge in [0.15, 0.2) is 0 Å². The number of phenolic OH excluding ortho intramolecular Hbond substituents is 1. The van der Waals surface area contributed by atoms with E-state index in [0.717, 1.165) is 24.9 Å². The number of hydrogen-bond acceptors (Lipinski definition) is 2. The maximum Gasteiger partial charge on any atom is 0.138 e. The van der Waals surface area contributed by atoms with Gasteiger partial charge >= 0.3 is 0 Å². The van der Waals surface area contributed by atoms with E-state index in [4.69, 9.17) is 23.2 Å². The fourth-order valence-electron chi connectivity index (χ4n) is 3.03. The van der Waals surface area contributed by atoms with Crippen molar-refractivity contribution in [2.24, 2.45) is 0 Å². The van der Waals surface area contributed by atoms with Crippen molar-refractivity contribution in [3.63, 3.8) is 0 Å². The number of hydrogen-bond donors (Lipinski definition) is 1. The lowest BCUT2D eigenvalue weighted by Crippen LogP contribution is -2.22. The summed E-state index contributed by atoms with van der Waals surface area (Å²) in [5.41, 5.74) is 2.11. The van der Waals surface area contributed by atoms with Gasteiger partial charge in [0, 0.05) is 23.2 Å². The van der Waals surface area contributed by atoms with Gasteiger partial charge < -0.3 is 5.11 Å². The van der Waals surface area contributed by atoms with E-state index in [1.807, 2.05) is 6.07 Å². The molecule has 1 saturated heterocycles. The zero-order chi connectivity index (χ0) is 14.8. The van der Waals surface area contributed by atoms with Crippen LogP contribution in [0.4, 0.5) is 0 Å². The molecule has 1 unspecified atom stereocenters. The van der Waals surface area contributed by atoms with Crippen LogP contribution in [0.5, 0.6) is 5.75 Å². The highest BCUT2D eigenvalue weighted by Gasteiger charge is 2.26. The van der Waals surface area contributed by atoms with Gasteiger partial charge in [-0.2, -0.15) is 0 Å². The van der Waals surface area contributed by atoms with E-state index in [-0.39, 0.29) is 5.75 Å². The zero-order valence-corrected chi connectivity index (χ0v) is 13.1. The summed E-state index contributed by atoms with van der Waals surface area (Å²) in [7, 11) is 0. The molecule has 3 rings (SSSR count). The van der Waals surface area contributed by atoms with E-state index in [9.17, 15) is 5.11 Å². The monoisotopic (exact) mass is 321 g/mol. The molecular weight excluding hydrogens is 305 g/mol. The second kappa shape index (κ2) is 6.27. The lowest BCUT2D eigenvalue weighted by atomic mass is 10.0. The Balaban J connectivity index is 1.84. The Bertz CT molecular complexity index is 630. The summed E-state index contributed by atoms with van der Waals surface area (Å²) >= 11 is 12.1. The molecule has 1 aliphatic heterocycles. The molecule has 21 heavy (non-hydrogen) atoms. The van der Waals surface area contributed by atoms with Crippen LogP contribution in [-0.2, 0) is 6.54 Å². The summed E-state index contributed by atoms with van der Waals surface area (Å²) in [6.45, 7) is 1.68. The predicted octanol–water partition coefficient (Wildman–Crippen LogP) is 5.04. The fourth-order valence-corrected chi connectivity index (χ4v) is 3.56. The van der Waals surface area contributed by atoms with Gasteiger partial charge in [0.25, 0.3) is 0 Å². The van der Waals surface area contributed by atoms with Crippen LogP contribution in [0, 0.1) is 0 Å². The van der Waals surface area contributed by atoms with Crippen LogP contribution in [0.25, 0.3) is 0 Å². The molecule has 1 N–H and O–H groups in total. The predicted molar refractivity (Wildman–Crippen MR) is 87.0 cm³/mol. The van der Waals surface area contributed by atoms with Crippen LogP contribution in [-0.4, -0.2) is 16.6 Å². The van der Waals surface area contributed by atoms with E-state index < -0.39 is 0 Å². The number of aromatic hydroxyl groups is 1. The standard InChI is InChI=1S/C17H17Cl2NO/c18-14-9-13(17(21)15(19)10-14)11-20-8-4-7-16(20)12-5-2-1-3-6-12/h1-3,5-6,9-10,16,21H,4,7-8,11H2. The molecular formula is C17H17Cl2NO. The number of nitrogens with zero attached hydrogens (tertiary/aromatic N) is 1. The first-order valence-corrected chi connectivity index (χ1v) is 7.86. The van der Waals surface area contributed by atoms with Crippen LogP contribution in [0.3, 0.4) is 0 Å². The van der Waals surface area contributed by atoms with Crippen molar-refractivity contribution in [3.05, 3.63) is 63.6 Å². The first-order chi connectivity index (χ1) is 10.1. The van der Waals surface area contributed by atoms with Crippen LogP contribution in [0.2, 0.25) is 10.0 Å². The molecule has 0 saturated carbocycles. The van der Waals surface area contributed by atoms with E-state index in [1.165, 1.54) is 5.56 Å². The van der Waals surface area contributed by atoms with Crippen molar-refractivity contribution in [3.8, 4) is 5.75 Å². The summed E-state index contributed by atoms with van der Waals surface area (Å²) in [6, 6.07) is 14.2. The van der Waals surface area contributed by atoms with Gasteiger partial charge in [-0.15, -0.1) is 0 Å². The average Bonchev–Trinajstić information content (AvgIpc) is 2.93. The normalized spacial score (nSPS) is 19.0. The van der Waals surface area contributed by atoms with Gasteiger partial charge in [-0.25, -0.2) is 0 Å². The number of halogens is 2. The molecule has 0 spiro atoms. The van der Waals surface area contributed by atoms with E-state index in [0.29, 0.717) is 22.6 Å². The minimum Gasteiger partial charge on any atom is -0.506 e. The summed E-state index contributed by atoms with van der Waals surface area (Å²) in [6.07, 6.45) is 2.30. The topological polar surface area (TPSA) is 23.5 Å². The fraction of sp³-hybridized carbons (Fsp3) is 0.294. The molecule has 1 fully saturated rings. The molecule has 0 aromatic heterocycles. The van der Waals surface area contributed by atoms with E-state index in [1.54, 1.807) is 12.1 Å². The lowest BCUT2D eigenvalue weighted by Gasteiger charge is -2.25. The molecule has 0 amide bonds. The molecule has 0 bridgehead atoms. The van der Waals surface area contributed by atoms with Crippen molar-refractivity contribution >= 4 is 23.2 Å². The quantitative estimate of drug-likeness (QED) is 0.856. The molecule has 2 aromatic carbocycles. The molecule has 2 aromatic rings. The maximum atomic E-state index is 10.1. The molecule has 4 heteroatoms. The summed E-state index contributed by atoms with van der Waals surface area (Å²) in [5, 5.41) is 11.0. The van der Waals surface area contributed by atoms with E-state index >= 15 is 0 Å². The molecule has 1 aliphatic rings. The Kier molecular flexibility index (Phi) is 4.39.